The second-order valence-electron chi connectivity index (χ2n) is 2.64. The summed E-state index contributed by atoms with van der Waals surface area (Å²) in [4.78, 5) is 10.5. The number of carbonyl (C=O) groups excluding carboxylic acids is 1. The predicted octanol–water partition coefficient (Wildman–Crippen LogP) is 0.629. The first-order valence-corrected chi connectivity index (χ1v) is 3.72. The standard InChI is InChI=1S/C8H12O3/c1-6(9)11-8-5-3-2-4-7(8)10/h2,4,7-8,10H,3,5H2,1H3/t7-,8-/m1/s1. The molecule has 0 aromatic carbocycles. The summed E-state index contributed by atoms with van der Waals surface area (Å²) in [5, 5.41) is 9.25. The van der Waals surface area contributed by atoms with Crippen molar-refractivity contribution in [2.45, 2.75) is 32.0 Å². The van der Waals surface area contributed by atoms with Crippen LogP contribution in [0.25, 0.3) is 0 Å². The third-order valence-corrected chi connectivity index (χ3v) is 1.65. The van der Waals surface area contributed by atoms with Crippen LogP contribution in [-0.2, 0) is 9.53 Å². The number of ether oxygens (including phenoxy) is 1. The zero-order valence-corrected chi connectivity index (χ0v) is 6.49. The molecule has 0 saturated heterocycles. The number of aliphatic hydroxyl groups is 1. The van der Waals surface area contributed by atoms with E-state index in [-0.39, 0.29) is 12.1 Å². The Kier molecular flexibility index (Phi) is 2.65. The van der Waals surface area contributed by atoms with Crippen molar-refractivity contribution in [3.8, 4) is 0 Å². The van der Waals surface area contributed by atoms with Crippen molar-refractivity contribution in [1.29, 1.82) is 0 Å². The van der Waals surface area contributed by atoms with Crippen molar-refractivity contribution < 1.29 is 14.6 Å². The van der Waals surface area contributed by atoms with E-state index in [0.29, 0.717) is 0 Å². The summed E-state index contributed by atoms with van der Waals surface area (Å²) in [6, 6.07) is 0. The van der Waals surface area contributed by atoms with E-state index in [0.717, 1.165) is 12.8 Å². The fraction of sp³-hybridized carbons (Fsp3) is 0.625. The molecule has 2 atom stereocenters. The van der Waals surface area contributed by atoms with E-state index in [9.17, 15) is 9.90 Å². The number of carbonyl (C=O) groups is 1. The number of hydrogen-bond donors (Lipinski definition) is 1. The summed E-state index contributed by atoms with van der Waals surface area (Å²) in [5.74, 6) is -0.329. The highest BCUT2D eigenvalue weighted by Crippen LogP contribution is 2.14. The van der Waals surface area contributed by atoms with Gasteiger partial charge in [0.2, 0.25) is 0 Å². The Morgan fingerprint density at radius 3 is 3.00 bits per heavy atom. The SMILES string of the molecule is CC(=O)O[C@@H]1CCC=C[C@H]1O. The molecule has 0 amide bonds. The number of hydrogen-bond acceptors (Lipinski definition) is 3. The lowest BCUT2D eigenvalue weighted by molar-refractivity contribution is -0.151. The van der Waals surface area contributed by atoms with Crippen LogP contribution in [0.2, 0.25) is 0 Å². The smallest absolute Gasteiger partial charge is 0.303 e. The lowest BCUT2D eigenvalue weighted by atomic mass is 10.0. The Morgan fingerprint density at radius 2 is 2.45 bits per heavy atom. The highest BCUT2D eigenvalue weighted by atomic mass is 16.6. The number of aliphatic hydroxyl groups excluding tert-OH is 1. The average molecular weight is 156 g/mol. The molecule has 11 heavy (non-hydrogen) atoms. The van der Waals surface area contributed by atoms with E-state index in [1.165, 1.54) is 6.92 Å². The summed E-state index contributed by atoms with van der Waals surface area (Å²) in [6.45, 7) is 1.35. The van der Waals surface area contributed by atoms with Gasteiger partial charge in [-0.3, -0.25) is 4.79 Å². The molecular formula is C8H12O3. The highest BCUT2D eigenvalue weighted by molar-refractivity contribution is 5.66. The first-order valence-electron chi connectivity index (χ1n) is 3.72. The van der Waals surface area contributed by atoms with Crippen LogP contribution in [0.15, 0.2) is 12.2 Å². The van der Waals surface area contributed by atoms with Crippen LogP contribution in [0.3, 0.4) is 0 Å². The Labute approximate surface area is 65.7 Å². The van der Waals surface area contributed by atoms with Gasteiger partial charge in [-0.1, -0.05) is 12.2 Å². The number of esters is 1. The molecule has 0 unspecified atom stereocenters. The molecule has 0 spiro atoms. The van der Waals surface area contributed by atoms with Gasteiger partial charge in [-0.05, 0) is 12.8 Å². The van der Waals surface area contributed by atoms with Crippen LogP contribution in [-0.4, -0.2) is 23.3 Å². The first-order chi connectivity index (χ1) is 5.20. The van der Waals surface area contributed by atoms with Crippen LogP contribution in [0.5, 0.6) is 0 Å². The fourth-order valence-electron chi connectivity index (χ4n) is 1.13. The summed E-state index contributed by atoms with van der Waals surface area (Å²) in [5.41, 5.74) is 0. The third kappa shape index (κ3) is 2.35. The van der Waals surface area contributed by atoms with Gasteiger partial charge in [-0.15, -0.1) is 0 Å². The van der Waals surface area contributed by atoms with Gasteiger partial charge < -0.3 is 9.84 Å². The van der Waals surface area contributed by atoms with Gasteiger partial charge in [0, 0.05) is 6.92 Å². The maximum atomic E-state index is 10.5. The second-order valence-corrected chi connectivity index (χ2v) is 2.64. The van der Waals surface area contributed by atoms with E-state index in [1.807, 2.05) is 6.08 Å². The first kappa shape index (κ1) is 8.27. The van der Waals surface area contributed by atoms with Crippen molar-refractivity contribution >= 4 is 5.97 Å². The van der Waals surface area contributed by atoms with E-state index in [4.69, 9.17) is 4.74 Å². The maximum absolute atomic E-state index is 10.5. The van der Waals surface area contributed by atoms with Crippen LogP contribution in [0.4, 0.5) is 0 Å². The lowest BCUT2D eigenvalue weighted by Gasteiger charge is -2.22. The minimum Gasteiger partial charge on any atom is -0.459 e. The van der Waals surface area contributed by atoms with Gasteiger partial charge in [-0.2, -0.15) is 0 Å². The zero-order chi connectivity index (χ0) is 8.27. The van der Waals surface area contributed by atoms with Gasteiger partial charge in [-0.25, -0.2) is 0 Å². The van der Waals surface area contributed by atoms with Crippen molar-refractivity contribution in [1.82, 2.24) is 0 Å². The highest BCUT2D eigenvalue weighted by Gasteiger charge is 2.21. The minimum atomic E-state index is -0.618. The molecule has 1 aliphatic carbocycles. The van der Waals surface area contributed by atoms with Crippen molar-refractivity contribution in [3.05, 3.63) is 12.2 Å². The Morgan fingerprint density at radius 1 is 1.73 bits per heavy atom. The molecule has 3 nitrogen and oxygen atoms in total. The molecular weight excluding hydrogens is 144 g/mol. The lowest BCUT2D eigenvalue weighted by Crippen LogP contribution is -2.30. The summed E-state index contributed by atoms with van der Waals surface area (Å²) in [7, 11) is 0. The molecule has 1 aliphatic rings. The largest absolute Gasteiger partial charge is 0.459 e. The van der Waals surface area contributed by atoms with Crippen LogP contribution >= 0.6 is 0 Å². The average Bonchev–Trinajstić information content (AvgIpc) is 1.93. The van der Waals surface area contributed by atoms with Gasteiger partial charge >= 0.3 is 5.97 Å². The third-order valence-electron chi connectivity index (χ3n) is 1.65. The van der Waals surface area contributed by atoms with E-state index >= 15 is 0 Å². The van der Waals surface area contributed by atoms with Crippen molar-refractivity contribution in [2.75, 3.05) is 0 Å². The molecule has 3 heteroatoms. The summed E-state index contributed by atoms with van der Waals surface area (Å²) < 4.78 is 4.86. The molecule has 0 saturated carbocycles. The van der Waals surface area contributed by atoms with Gasteiger partial charge in [0.1, 0.15) is 12.2 Å². The Bertz CT molecular complexity index is 174. The second kappa shape index (κ2) is 3.53. The van der Waals surface area contributed by atoms with E-state index in [1.54, 1.807) is 6.08 Å². The molecule has 0 aromatic rings. The number of allylic oxidation sites excluding steroid dienone is 1. The number of rotatable bonds is 1. The predicted molar refractivity (Wildman–Crippen MR) is 39.9 cm³/mol. The summed E-state index contributed by atoms with van der Waals surface area (Å²) >= 11 is 0. The van der Waals surface area contributed by atoms with Crippen molar-refractivity contribution in [3.63, 3.8) is 0 Å². The van der Waals surface area contributed by atoms with Crippen LogP contribution < -0.4 is 0 Å². The molecule has 0 bridgehead atoms. The van der Waals surface area contributed by atoms with Gasteiger partial charge in [0.15, 0.2) is 0 Å². The molecule has 62 valence electrons. The minimum absolute atomic E-state index is 0.329. The molecule has 1 N–H and O–H groups in total. The van der Waals surface area contributed by atoms with Crippen LogP contribution in [0.1, 0.15) is 19.8 Å². The van der Waals surface area contributed by atoms with Crippen molar-refractivity contribution in [2.24, 2.45) is 0 Å². The van der Waals surface area contributed by atoms with E-state index in [2.05, 4.69) is 0 Å². The van der Waals surface area contributed by atoms with Gasteiger partial charge in [0.05, 0.1) is 0 Å². The van der Waals surface area contributed by atoms with Crippen LogP contribution in [0, 0.1) is 0 Å². The molecule has 0 radical (unpaired) electrons. The molecule has 0 aliphatic heterocycles. The normalized spacial score (nSPS) is 30.0. The molecule has 0 aromatic heterocycles. The summed E-state index contributed by atoms with van der Waals surface area (Å²) in [6.07, 6.45) is 4.19. The monoisotopic (exact) mass is 156 g/mol. The topological polar surface area (TPSA) is 46.5 Å². The zero-order valence-electron chi connectivity index (χ0n) is 6.49. The fourth-order valence-corrected chi connectivity index (χ4v) is 1.13. The maximum Gasteiger partial charge on any atom is 0.303 e. The molecule has 0 heterocycles. The molecule has 1 rings (SSSR count). The molecule has 0 fully saturated rings. The Hall–Kier alpha value is -0.830. The Balaban J connectivity index is 2.45. The van der Waals surface area contributed by atoms with E-state index < -0.39 is 6.10 Å². The quantitative estimate of drug-likeness (QED) is 0.447. The van der Waals surface area contributed by atoms with Gasteiger partial charge in [0.25, 0.3) is 0 Å².